The molecule has 2 saturated heterocycles. The zero-order valence-electron chi connectivity index (χ0n) is 35.9. The summed E-state index contributed by atoms with van der Waals surface area (Å²) in [6.45, 7) is 12.1. The molecule has 328 valence electrons. The topological polar surface area (TPSA) is 252 Å². The number of ether oxygens (including phenoxy) is 4. The number of esters is 1. The minimum atomic E-state index is -3.20. The van der Waals surface area contributed by atoms with Crippen molar-refractivity contribution in [2.24, 2.45) is 17.8 Å². The number of nitrogen functional groups attached to an aromatic ring is 2. The Bertz CT molecular complexity index is 1850. The molecular weight excluding hydrogens is 769 g/mol. The van der Waals surface area contributed by atoms with Crippen LogP contribution in [0, 0.1) is 29.6 Å². The fraction of sp³-hybridized carbons (Fsp3) is 0.725. The highest BCUT2D eigenvalue weighted by Crippen LogP contribution is 2.39. The van der Waals surface area contributed by atoms with Gasteiger partial charge in [-0.05, 0) is 61.1 Å². The first kappa shape index (κ1) is 47.5. The Hall–Kier alpha value is -4.16. The zero-order valence-corrected chi connectivity index (χ0v) is 35.9. The molecule has 4 rings (SSSR count). The predicted octanol–water partition coefficient (Wildman–Crippen LogP) is 1.33. The summed E-state index contributed by atoms with van der Waals surface area (Å²) in [5.74, 6) is 0.0355. The van der Waals surface area contributed by atoms with Gasteiger partial charge in [-0.1, -0.05) is 44.7 Å². The van der Waals surface area contributed by atoms with Crippen molar-refractivity contribution in [1.29, 1.82) is 0 Å². The van der Waals surface area contributed by atoms with E-state index in [0.717, 1.165) is 6.92 Å². The fourth-order valence-corrected chi connectivity index (χ4v) is 8.31. The lowest BCUT2D eigenvalue weighted by atomic mass is 9.73. The number of nitrogens with one attached hydrogen (secondary N) is 1. The van der Waals surface area contributed by atoms with Gasteiger partial charge in [-0.2, -0.15) is 4.98 Å². The summed E-state index contributed by atoms with van der Waals surface area (Å²) in [4.78, 5) is 52.1. The Labute approximate surface area is 345 Å². The molecule has 59 heavy (non-hydrogen) atoms. The molecule has 0 saturated carbocycles. The van der Waals surface area contributed by atoms with Crippen LogP contribution in [0.25, 0.3) is 11.4 Å². The van der Waals surface area contributed by atoms with Gasteiger partial charge in [0, 0.05) is 43.0 Å². The number of nitrogens with zero attached hydrogens (tertiary/aromatic N) is 6. The highest BCUT2D eigenvalue weighted by Gasteiger charge is 2.56. The second kappa shape index (κ2) is 19.0. The second-order valence-electron chi connectivity index (χ2n) is 16.7. The third kappa shape index (κ3) is 10.6. The summed E-state index contributed by atoms with van der Waals surface area (Å²) in [5.41, 5.74) is 5.62. The van der Waals surface area contributed by atoms with Gasteiger partial charge in [0.1, 0.15) is 41.6 Å². The number of methoxy groups -OCH3 is 1. The van der Waals surface area contributed by atoms with Crippen LogP contribution in [-0.2, 0) is 39.9 Å². The standard InChI is InChI=1S/C40H62FN9O9/c1-12-28-40(8,55)32(44-15-13-14-16-50-20-26(47-48-50)25-18-29(42)46-37(43)45-25)23(4)30(51)21(2)19-38(6,56-11)34(24(5)33(53)39(7,41)36(54)58-28)59-35-31(52)27(49(9)10)17-22(3)57-35/h18,20-24,27-28,31-32,34-35,44,52,55H,12,15-17,19H2,1-11H3,(H4,42,43,45,46)/t21-,22-,23+,24+,27?,28-,31?,32-,34-,35+,38-,39+,40-/m1/s1. The molecule has 0 aromatic carbocycles. The predicted molar refractivity (Wildman–Crippen MR) is 215 cm³/mol. The third-order valence-corrected chi connectivity index (χ3v) is 11.7. The molecule has 0 spiro atoms. The number of hydrogen-bond donors (Lipinski definition) is 5. The molecule has 2 aromatic rings. The van der Waals surface area contributed by atoms with E-state index < -0.39 is 77.0 Å². The summed E-state index contributed by atoms with van der Waals surface area (Å²) in [6, 6.07) is 0.0506. The van der Waals surface area contributed by atoms with Gasteiger partial charge in [-0.25, -0.2) is 18.9 Å². The zero-order chi connectivity index (χ0) is 44.2. The number of nitrogens with two attached hydrogens (primary N) is 2. The fourth-order valence-electron chi connectivity index (χ4n) is 8.31. The lowest BCUT2D eigenvalue weighted by Gasteiger charge is -2.47. The van der Waals surface area contributed by atoms with Gasteiger partial charge < -0.3 is 45.5 Å². The number of carbonyl (C=O) groups excluding carboxylic acids is 3. The molecule has 2 aliphatic heterocycles. The van der Waals surface area contributed by atoms with Gasteiger partial charge in [0.15, 0.2) is 12.1 Å². The summed E-state index contributed by atoms with van der Waals surface area (Å²) in [6.07, 6.45) is -3.39. The van der Waals surface area contributed by atoms with Gasteiger partial charge in [-0.3, -0.25) is 14.9 Å². The number of rotatable bonds is 9. The van der Waals surface area contributed by atoms with E-state index in [0.29, 0.717) is 17.8 Å². The number of likely N-dealkylation sites (N-methyl/N-ethyl adjacent to an activating group) is 1. The number of ketones is 2. The number of Topliss-reactive ketones (excluding diaryl/α,β-unsaturated/α-hetero) is 2. The SMILES string of the molecule is CC[C@H]1OC(=O)[C@@](C)(F)C(=O)[C@H](C)[C@@H](O[C@@H]2O[C@H](C)CC(N(C)C)C2O)[C@](C)(OC)C[C@@H](C)C(=O)[C@H](C)[C@@H](NCC#CCn2cc(-c3cc(N)nc(N)n3)nn2)[C@]1(C)O. The van der Waals surface area contributed by atoms with Crippen LogP contribution in [0.4, 0.5) is 16.2 Å². The molecule has 2 fully saturated rings. The average Bonchev–Trinajstić information content (AvgIpc) is 3.65. The molecule has 0 aliphatic carbocycles. The quantitative estimate of drug-likeness (QED) is 0.136. The highest BCUT2D eigenvalue weighted by atomic mass is 19.1. The molecule has 2 unspecified atom stereocenters. The van der Waals surface area contributed by atoms with Crippen LogP contribution in [-0.4, -0.2) is 145 Å². The Balaban J connectivity index is 1.66. The Kier molecular flexibility index (Phi) is 15.3. The molecule has 7 N–H and O–H groups in total. The molecule has 0 bridgehead atoms. The van der Waals surface area contributed by atoms with Crippen molar-refractivity contribution in [3.63, 3.8) is 0 Å². The number of anilines is 2. The molecular formula is C40H62FN9O9. The van der Waals surface area contributed by atoms with Crippen LogP contribution in [0.1, 0.15) is 74.7 Å². The molecule has 13 atom stereocenters. The van der Waals surface area contributed by atoms with Crippen LogP contribution in [0.5, 0.6) is 0 Å². The molecule has 2 aromatic heterocycles. The summed E-state index contributed by atoms with van der Waals surface area (Å²) >= 11 is 0. The van der Waals surface area contributed by atoms with E-state index in [9.17, 15) is 24.6 Å². The maximum absolute atomic E-state index is 16.7. The molecule has 4 heterocycles. The molecule has 18 nitrogen and oxygen atoms in total. The molecule has 0 amide bonds. The number of aromatic nitrogens is 5. The van der Waals surface area contributed by atoms with Crippen molar-refractivity contribution in [2.75, 3.05) is 39.2 Å². The summed E-state index contributed by atoms with van der Waals surface area (Å²) in [7, 11) is 5.00. The normalized spacial score (nSPS) is 36.4. The Morgan fingerprint density at radius 3 is 2.37 bits per heavy atom. The van der Waals surface area contributed by atoms with Crippen LogP contribution in [0.15, 0.2) is 12.3 Å². The Morgan fingerprint density at radius 1 is 1.08 bits per heavy atom. The lowest BCUT2D eigenvalue weighted by Crippen LogP contribution is -2.63. The number of cyclic esters (lactones) is 1. The van der Waals surface area contributed by atoms with Gasteiger partial charge in [0.25, 0.3) is 5.67 Å². The van der Waals surface area contributed by atoms with E-state index in [-0.39, 0.29) is 55.6 Å². The van der Waals surface area contributed by atoms with E-state index >= 15 is 4.39 Å². The highest BCUT2D eigenvalue weighted by molar-refractivity contribution is 6.07. The van der Waals surface area contributed by atoms with Crippen molar-refractivity contribution in [3.05, 3.63) is 12.3 Å². The third-order valence-electron chi connectivity index (χ3n) is 11.7. The molecule has 19 heteroatoms. The number of aliphatic hydroxyl groups excluding tert-OH is 1. The summed E-state index contributed by atoms with van der Waals surface area (Å²) in [5, 5.41) is 34.9. The minimum Gasteiger partial charge on any atom is -0.457 e. The van der Waals surface area contributed by atoms with E-state index in [4.69, 9.17) is 30.4 Å². The van der Waals surface area contributed by atoms with Gasteiger partial charge in [-0.15, -0.1) is 5.10 Å². The smallest absolute Gasteiger partial charge is 0.351 e. The van der Waals surface area contributed by atoms with Gasteiger partial charge in [0.05, 0.1) is 36.2 Å². The van der Waals surface area contributed by atoms with E-state index in [2.05, 4.69) is 37.4 Å². The molecule has 0 radical (unpaired) electrons. The largest absolute Gasteiger partial charge is 0.457 e. The first-order chi connectivity index (χ1) is 27.5. The van der Waals surface area contributed by atoms with Crippen molar-refractivity contribution in [1.82, 2.24) is 35.2 Å². The molecule has 2 aliphatic rings. The Morgan fingerprint density at radius 2 is 1.76 bits per heavy atom. The van der Waals surface area contributed by atoms with Crippen molar-refractivity contribution in [3.8, 4) is 23.2 Å². The van der Waals surface area contributed by atoms with Crippen LogP contribution >= 0.6 is 0 Å². The first-order valence-electron chi connectivity index (χ1n) is 19.9. The van der Waals surface area contributed by atoms with E-state index in [1.165, 1.54) is 31.7 Å². The van der Waals surface area contributed by atoms with E-state index in [1.54, 1.807) is 33.9 Å². The minimum absolute atomic E-state index is 0.00671. The van der Waals surface area contributed by atoms with Crippen molar-refractivity contribution in [2.45, 2.75) is 141 Å². The van der Waals surface area contributed by atoms with Gasteiger partial charge in [0.2, 0.25) is 5.95 Å². The number of alkyl halides is 1. The van der Waals surface area contributed by atoms with Crippen LogP contribution < -0.4 is 16.8 Å². The number of carbonyl (C=O) groups is 3. The lowest BCUT2D eigenvalue weighted by molar-refractivity contribution is -0.295. The number of hydrogen-bond acceptors (Lipinski definition) is 17. The maximum Gasteiger partial charge on any atom is 0.351 e. The summed E-state index contributed by atoms with van der Waals surface area (Å²) < 4.78 is 42.4. The maximum atomic E-state index is 16.7. The monoisotopic (exact) mass is 831 g/mol. The van der Waals surface area contributed by atoms with Crippen molar-refractivity contribution >= 4 is 29.3 Å². The average molecular weight is 832 g/mol. The first-order valence-corrected chi connectivity index (χ1v) is 19.9. The van der Waals surface area contributed by atoms with E-state index in [1.807, 2.05) is 25.9 Å². The number of aliphatic hydroxyl groups is 2. The number of halogens is 1. The van der Waals surface area contributed by atoms with Crippen molar-refractivity contribution < 1.29 is 47.9 Å². The van der Waals surface area contributed by atoms with Gasteiger partial charge >= 0.3 is 5.97 Å². The second-order valence-corrected chi connectivity index (χ2v) is 16.7. The van der Waals surface area contributed by atoms with Crippen LogP contribution in [0.3, 0.4) is 0 Å². The van der Waals surface area contributed by atoms with Crippen LogP contribution in [0.2, 0.25) is 0 Å².